The molecule has 0 aliphatic carbocycles. The third kappa shape index (κ3) is 6.36. The van der Waals surface area contributed by atoms with Crippen LogP contribution in [0, 0.1) is 0 Å². The van der Waals surface area contributed by atoms with Crippen molar-refractivity contribution < 1.29 is 28.5 Å². The SMILES string of the molecule is COc1ccc(C(=O)Oc2ccc3ccccc3c2C=NNC(=O)COc2ccc(Cl)cc2)cc1OC. The fraction of sp³-hybridized carbons (Fsp3) is 0.107. The van der Waals surface area contributed by atoms with E-state index in [1.165, 1.54) is 26.5 Å². The molecule has 1 amide bonds. The zero-order valence-corrected chi connectivity index (χ0v) is 20.8. The first-order chi connectivity index (χ1) is 18.0. The Morgan fingerprint density at radius 2 is 1.62 bits per heavy atom. The van der Waals surface area contributed by atoms with E-state index in [0.717, 1.165) is 10.8 Å². The highest BCUT2D eigenvalue weighted by Gasteiger charge is 2.16. The molecule has 0 bridgehead atoms. The Morgan fingerprint density at radius 3 is 2.38 bits per heavy atom. The molecule has 1 N–H and O–H groups in total. The number of carbonyl (C=O) groups is 2. The van der Waals surface area contributed by atoms with E-state index >= 15 is 0 Å². The molecule has 9 heteroatoms. The van der Waals surface area contributed by atoms with Crippen LogP contribution in [0.3, 0.4) is 0 Å². The maximum absolute atomic E-state index is 12.9. The molecule has 0 saturated carbocycles. The van der Waals surface area contributed by atoms with E-state index in [9.17, 15) is 9.59 Å². The molecule has 0 atom stereocenters. The molecule has 4 rings (SSSR count). The Kier molecular flexibility index (Phi) is 8.22. The van der Waals surface area contributed by atoms with Gasteiger partial charge in [0.05, 0.1) is 26.0 Å². The number of hydrazone groups is 1. The van der Waals surface area contributed by atoms with Gasteiger partial charge in [0, 0.05) is 10.6 Å². The molecule has 188 valence electrons. The van der Waals surface area contributed by atoms with Crippen molar-refractivity contribution in [1.82, 2.24) is 5.43 Å². The normalized spacial score (nSPS) is 10.8. The molecule has 0 aromatic heterocycles. The molecule has 0 spiro atoms. The molecular formula is C28H23ClN2O6. The van der Waals surface area contributed by atoms with Crippen molar-refractivity contribution in [3.8, 4) is 23.0 Å². The van der Waals surface area contributed by atoms with Crippen LogP contribution in [0.1, 0.15) is 15.9 Å². The first-order valence-corrected chi connectivity index (χ1v) is 11.5. The van der Waals surface area contributed by atoms with Gasteiger partial charge in [-0.25, -0.2) is 10.2 Å². The van der Waals surface area contributed by atoms with Gasteiger partial charge in [0.15, 0.2) is 18.1 Å². The Bertz CT molecular complexity index is 1450. The summed E-state index contributed by atoms with van der Waals surface area (Å²) in [4.78, 5) is 25.1. The van der Waals surface area contributed by atoms with Crippen LogP contribution in [-0.4, -0.2) is 38.9 Å². The Morgan fingerprint density at radius 1 is 0.892 bits per heavy atom. The first kappa shape index (κ1) is 25.5. The number of nitrogens with one attached hydrogen (secondary N) is 1. The van der Waals surface area contributed by atoms with E-state index in [4.69, 9.17) is 30.5 Å². The molecule has 4 aromatic rings. The summed E-state index contributed by atoms with van der Waals surface area (Å²) in [5.41, 5.74) is 3.22. The second-order valence-electron chi connectivity index (χ2n) is 7.69. The van der Waals surface area contributed by atoms with Gasteiger partial charge in [-0.15, -0.1) is 0 Å². The molecule has 0 unspecified atom stereocenters. The monoisotopic (exact) mass is 518 g/mol. The number of rotatable bonds is 9. The van der Waals surface area contributed by atoms with Gasteiger partial charge in [0.25, 0.3) is 5.91 Å². The van der Waals surface area contributed by atoms with E-state index < -0.39 is 11.9 Å². The van der Waals surface area contributed by atoms with E-state index in [1.54, 1.807) is 42.5 Å². The number of benzene rings is 4. The van der Waals surface area contributed by atoms with E-state index in [0.29, 0.717) is 27.8 Å². The minimum absolute atomic E-state index is 0.240. The summed E-state index contributed by atoms with van der Waals surface area (Å²) >= 11 is 5.85. The number of esters is 1. The number of amides is 1. The van der Waals surface area contributed by atoms with Gasteiger partial charge in [-0.1, -0.05) is 41.9 Å². The smallest absolute Gasteiger partial charge is 0.343 e. The fourth-order valence-electron chi connectivity index (χ4n) is 3.50. The van der Waals surface area contributed by atoms with Crippen molar-refractivity contribution in [2.24, 2.45) is 5.10 Å². The molecule has 0 heterocycles. The second kappa shape index (κ2) is 11.9. The van der Waals surface area contributed by atoms with Crippen molar-refractivity contribution in [3.05, 3.63) is 95.0 Å². The summed E-state index contributed by atoms with van der Waals surface area (Å²) in [6.07, 6.45) is 1.43. The Balaban J connectivity index is 1.52. The molecular weight excluding hydrogens is 496 g/mol. The molecule has 0 fully saturated rings. The van der Waals surface area contributed by atoms with Crippen molar-refractivity contribution in [2.75, 3.05) is 20.8 Å². The maximum atomic E-state index is 12.9. The lowest BCUT2D eigenvalue weighted by molar-refractivity contribution is -0.123. The summed E-state index contributed by atoms with van der Waals surface area (Å²) < 4.78 is 21.6. The van der Waals surface area contributed by atoms with Crippen molar-refractivity contribution >= 4 is 40.5 Å². The summed E-state index contributed by atoms with van der Waals surface area (Å²) in [6.45, 7) is -0.240. The van der Waals surface area contributed by atoms with Crippen molar-refractivity contribution in [3.63, 3.8) is 0 Å². The Labute approximate surface area is 218 Å². The molecule has 0 aliphatic rings. The summed E-state index contributed by atoms with van der Waals surface area (Å²) in [5, 5.41) is 6.32. The predicted molar refractivity (Wildman–Crippen MR) is 141 cm³/mol. The molecule has 0 aliphatic heterocycles. The number of carbonyl (C=O) groups excluding carboxylic acids is 2. The highest BCUT2D eigenvalue weighted by Crippen LogP contribution is 2.30. The lowest BCUT2D eigenvalue weighted by atomic mass is 10.0. The third-order valence-corrected chi connectivity index (χ3v) is 5.57. The van der Waals surface area contributed by atoms with Crippen LogP contribution in [-0.2, 0) is 4.79 Å². The number of hydrogen-bond donors (Lipinski definition) is 1. The lowest BCUT2D eigenvalue weighted by Crippen LogP contribution is -2.24. The zero-order chi connectivity index (χ0) is 26.2. The predicted octanol–water partition coefficient (Wildman–Crippen LogP) is 5.26. The summed E-state index contributed by atoms with van der Waals surface area (Å²) in [6, 6.07) is 22.5. The third-order valence-electron chi connectivity index (χ3n) is 5.32. The van der Waals surface area contributed by atoms with Gasteiger partial charge in [0.2, 0.25) is 0 Å². The topological polar surface area (TPSA) is 95.5 Å². The van der Waals surface area contributed by atoms with Gasteiger partial charge in [-0.2, -0.15) is 5.10 Å². The molecule has 4 aromatic carbocycles. The van der Waals surface area contributed by atoms with Crippen LogP contribution in [0.5, 0.6) is 23.0 Å². The van der Waals surface area contributed by atoms with Crippen LogP contribution in [0.4, 0.5) is 0 Å². The zero-order valence-electron chi connectivity index (χ0n) is 20.1. The fourth-order valence-corrected chi connectivity index (χ4v) is 3.63. The highest BCUT2D eigenvalue weighted by molar-refractivity contribution is 6.30. The van der Waals surface area contributed by atoms with Crippen molar-refractivity contribution in [1.29, 1.82) is 0 Å². The van der Waals surface area contributed by atoms with E-state index in [-0.39, 0.29) is 17.9 Å². The minimum Gasteiger partial charge on any atom is -0.493 e. The molecule has 8 nitrogen and oxygen atoms in total. The van der Waals surface area contributed by atoms with Crippen LogP contribution in [0.2, 0.25) is 5.02 Å². The first-order valence-electron chi connectivity index (χ1n) is 11.1. The average molecular weight is 519 g/mol. The number of nitrogens with zero attached hydrogens (tertiary/aromatic N) is 1. The van der Waals surface area contributed by atoms with Crippen LogP contribution in [0.25, 0.3) is 10.8 Å². The van der Waals surface area contributed by atoms with E-state index in [1.807, 2.05) is 30.3 Å². The van der Waals surface area contributed by atoms with Crippen LogP contribution in [0.15, 0.2) is 84.0 Å². The lowest BCUT2D eigenvalue weighted by Gasteiger charge is -2.12. The van der Waals surface area contributed by atoms with Gasteiger partial charge >= 0.3 is 5.97 Å². The van der Waals surface area contributed by atoms with Gasteiger partial charge in [-0.05, 0) is 59.3 Å². The summed E-state index contributed by atoms with van der Waals surface area (Å²) in [7, 11) is 3.00. The minimum atomic E-state index is -0.591. The number of halogens is 1. The molecule has 37 heavy (non-hydrogen) atoms. The molecule has 0 radical (unpaired) electrons. The standard InChI is InChI=1S/C28H23ClN2O6/c1-34-25-14-8-19(15-26(25)35-2)28(33)37-24-13-7-18-5-3-4-6-22(18)23(24)16-30-31-27(32)17-36-21-11-9-20(29)10-12-21/h3-16H,17H2,1-2H3,(H,31,32). The van der Waals surface area contributed by atoms with Gasteiger partial charge in [-0.3, -0.25) is 4.79 Å². The number of hydrogen-bond acceptors (Lipinski definition) is 7. The highest BCUT2D eigenvalue weighted by atomic mass is 35.5. The largest absolute Gasteiger partial charge is 0.493 e. The number of ether oxygens (including phenoxy) is 4. The van der Waals surface area contributed by atoms with Crippen molar-refractivity contribution in [2.45, 2.75) is 0 Å². The number of methoxy groups -OCH3 is 2. The van der Waals surface area contributed by atoms with Crippen LogP contribution < -0.4 is 24.4 Å². The van der Waals surface area contributed by atoms with Crippen LogP contribution >= 0.6 is 11.6 Å². The quantitative estimate of drug-likeness (QED) is 0.140. The summed E-state index contributed by atoms with van der Waals surface area (Å²) in [5.74, 6) is 0.617. The van der Waals surface area contributed by atoms with Gasteiger partial charge in [0.1, 0.15) is 11.5 Å². The Hall–Kier alpha value is -4.56. The number of fused-ring (bicyclic) bond motifs is 1. The molecule has 0 saturated heterocycles. The van der Waals surface area contributed by atoms with E-state index in [2.05, 4.69) is 10.5 Å². The maximum Gasteiger partial charge on any atom is 0.343 e. The van der Waals surface area contributed by atoms with Gasteiger partial charge < -0.3 is 18.9 Å². The average Bonchev–Trinajstić information content (AvgIpc) is 2.93. The second-order valence-corrected chi connectivity index (χ2v) is 8.13.